The topological polar surface area (TPSA) is 101 Å². The summed E-state index contributed by atoms with van der Waals surface area (Å²) in [6.45, 7) is 9.10. The van der Waals surface area contributed by atoms with E-state index in [1.54, 1.807) is 20.8 Å². The summed E-state index contributed by atoms with van der Waals surface area (Å²) in [6.07, 6.45) is 1.23. The molecule has 0 fully saturated rings. The van der Waals surface area contributed by atoms with Gasteiger partial charge in [0.25, 0.3) is 10.0 Å². The second-order valence-corrected chi connectivity index (χ2v) is 7.19. The first-order valence-corrected chi connectivity index (χ1v) is 8.98. The Morgan fingerprint density at radius 2 is 1.79 bits per heavy atom. The van der Waals surface area contributed by atoms with Crippen LogP contribution in [0, 0.1) is 27.7 Å². The Hall–Kier alpha value is -2.35. The molecule has 2 rings (SSSR count). The van der Waals surface area contributed by atoms with Crippen molar-refractivity contribution in [1.29, 1.82) is 0 Å². The first-order valence-electron chi connectivity index (χ1n) is 7.49. The smallest absolute Gasteiger partial charge is 0.343 e. The summed E-state index contributed by atoms with van der Waals surface area (Å²) in [6, 6.07) is 1.95. The standard InChI is InChI=1S/C16H21N3O4S/c1-6-23-16(20)13-8-17-18-15(13)19-24(21,22)14-11(4)9(2)7-10(3)12(14)5/h7-8H,6H2,1-5H3,(H2,17,18,19). The van der Waals surface area contributed by atoms with E-state index in [0.29, 0.717) is 11.1 Å². The highest BCUT2D eigenvalue weighted by Crippen LogP contribution is 2.28. The maximum absolute atomic E-state index is 12.9. The summed E-state index contributed by atoms with van der Waals surface area (Å²) in [4.78, 5) is 12.1. The fourth-order valence-electron chi connectivity index (χ4n) is 2.50. The molecule has 130 valence electrons. The number of hydrogen-bond donors (Lipinski definition) is 2. The molecule has 0 bridgehead atoms. The normalized spacial score (nSPS) is 11.4. The molecule has 1 aromatic heterocycles. The van der Waals surface area contributed by atoms with Crippen molar-refractivity contribution in [3.05, 3.63) is 40.1 Å². The monoisotopic (exact) mass is 351 g/mol. The van der Waals surface area contributed by atoms with Crippen LogP contribution in [0.5, 0.6) is 0 Å². The van der Waals surface area contributed by atoms with E-state index in [4.69, 9.17) is 4.74 Å². The summed E-state index contributed by atoms with van der Waals surface area (Å²) in [7, 11) is -3.89. The summed E-state index contributed by atoms with van der Waals surface area (Å²) < 4.78 is 33.0. The van der Waals surface area contributed by atoms with Gasteiger partial charge >= 0.3 is 5.97 Å². The van der Waals surface area contributed by atoms with Crippen LogP contribution in [0.2, 0.25) is 0 Å². The molecule has 0 unspecified atom stereocenters. The van der Waals surface area contributed by atoms with Gasteiger partial charge < -0.3 is 4.74 Å². The number of esters is 1. The van der Waals surface area contributed by atoms with Crippen LogP contribution in [0.4, 0.5) is 5.82 Å². The van der Waals surface area contributed by atoms with Gasteiger partial charge in [0.2, 0.25) is 0 Å². The highest BCUT2D eigenvalue weighted by Gasteiger charge is 2.25. The molecular formula is C16H21N3O4S. The SMILES string of the molecule is CCOC(=O)c1cn[nH]c1NS(=O)(=O)c1c(C)c(C)cc(C)c1C. The van der Waals surface area contributed by atoms with Crippen molar-refractivity contribution in [2.45, 2.75) is 39.5 Å². The number of rotatable bonds is 5. The number of carbonyl (C=O) groups is 1. The predicted molar refractivity (Wildman–Crippen MR) is 90.7 cm³/mol. The summed E-state index contributed by atoms with van der Waals surface area (Å²) in [5.74, 6) is -0.649. The third kappa shape index (κ3) is 3.28. The van der Waals surface area contributed by atoms with Gasteiger partial charge in [-0.1, -0.05) is 6.07 Å². The van der Waals surface area contributed by atoms with Gasteiger partial charge in [0, 0.05) is 0 Å². The number of carbonyl (C=O) groups excluding carboxylic acids is 1. The van der Waals surface area contributed by atoms with Gasteiger partial charge in [-0.15, -0.1) is 0 Å². The van der Waals surface area contributed by atoms with Crippen molar-refractivity contribution in [3.63, 3.8) is 0 Å². The predicted octanol–water partition coefficient (Wildman–Crippen LogP) is 2.62. The molecule has 7 nitrogen and oxygen atoms in total. The van der Waals surface area contributed by atoms with Gasteiger partial charge in [0.05, 0.1) is 17.7 Å². The van der Waals surface area contributed by atoms with E-state index >= 15 is 0 Å². The highest BCUT2D eigenvalue weighted by molar-refractivity contribution is 7.92. The second kappa shape index (κ2) is 6.64. The lowest BCUT2D eigenvalue weighted by Crippen LogP contribution is -2.19. The zero-order chi connectivity index (χ0) is 18.1. The van der Waals surface area contributed by atoms with E-state index in [-0.39, 0.29) is 22.9 Å². The Kier molecular flexibility index (Phi) is 4.98. The fourth-order valence-corrected chi connectivity index (χ4v) is 4.15. The number of aromatic nitrogens is 2. The zero-order valence-corrected chi connectivity index (χ0v) is 15.2. The van der Waals surface area contributed by atoms with E-state index in [0.717, 1.165) is 11.1 Å². The second-order valence-electron chi connectivity index (χ2n) is 5.57. The lowest BCUT2D eigenvalue weighted by atomic mass is 10.0. The van der Waals surface area contributed by atoms with Crippen molar-refractivity contribution in [2.24, 2.45) is 0 Å². The third-order valence-electron chi connectivity index (χ3n) is 3.94. The van der Waals surface area contributed by atoms with Crippen LogP contribution in [-0.2, 0) is 14.8 Å². The first-order chi connectivity index (χ1) is 11.2. The highest BCUT2D eigenvalue weighted by atomic mass is 32.2. The van der Waals surface area contributed by atoms with Gasteiger partial charge in [-0.3, -0.25) is 9.82 Å². The lowest BCUT2D eigenvalue weighted by Gasteiger charge is -2.16. The number of anilines is 1. The first kappa shape index (κ1) is 18.0. The molecule has 0 saturated carbocycles. The van der Waals surface area contributed by atoms with Crippen LogP contribution in [0.1, 0.15) is 39.5 Å². The summed E-state index contributed by atoms with van der Waals surface area (Å²) in [5.41, 5.74) is 3.15. The number of H-pyrrole nitrogens is 1. The number of nitrogens with one attached hydrogen (secondary N) is 2. The molecular weight excluding hydrogens is 330 g/mol. The van der Waals surface area contributed by atoms with E-state index in [1.165, 1.54) is 6.20 Å². The number of ether oxygens (including phenoxy) is 1. The minimum Gasteiger partial charge on any atom is -0.462 e. The van der Waals surface area contributed by atoms with Gasteiger partial charge in [-0.25, -0.2) is 13.2 Å². The van der Waals surface area contributed by atoms with Crippen molar-refractivity contribution in [3.8, 4) is 0 Å². The molecule has 1 heterocycles. The quantitative estimate of drug-likeness (QED) is 0.806. The maximum atomic E-state index is 12.9. The van der Waals surface area contributed by atoms with Crippen LogP contribution in [-0.4, -0.2) is 31.2 Å². The minimum absolute atomic E-state index is 0.00795. The number of benzene rings is 1. The van der Waals surface area contributed by atoms with Gasteiger partial charge in [0.1, 0.15) is 11.4 Å². The Bertz CT molecular complexity index is 859. The van der Waals surface area contributed by atoms with Crippen LogP contribution in [0.3, 0.4) is 0 Å². The Balaban J connectivity index is 2.49. The molecule has 8 heteroatoms. The molecule has 0 saturated heterocycles. The number of nitrogens with zero attached hydrogens (tertiary/aromatic N) is 1. The zero-order valence-electron chi connectivity index (χ0n) is 14.4. The van der Waals surface area contributed by atoms with E-state index in [2.05, 4.69) is 14.9 Å². The maximum Gasteiger partial charge on any atom is 0.343 e. The molecule has 1 aromatic carbocycles. The largest absolute Gasteiger partial charge is 0.462 e. The molecule has 2 aromatic rings. The Morgan fingerprint density at radius 1 is 1.21 bits per heavy atom. The molecule has 0 radical (unpaired) electrons. The minimum atomic E-state index is -3.89. The van der Waals surface area contributed by atoms with E-state index in [1.807, 2.05) is 19.9 Å². The van der Waals surface area contributed by atoms with Crippen LogP contribution in [0.25, 0.3) is 0 Å². The number of aryl methyl sites for hydroxylation is 2. The summed E-state index contributed by atoms with van der Waals surface area (Å²) >= 11 is 0. The molecule has 0 aliphatic carbocycles. The van der Waals surface area contributed by atoms with Gasteiger partial charge in [-0.05, 0) is 56.9 Å². The van der Waals surface area contributed by atoms with Crippen LogP contribution < -0.4 is 4.72 Å². The average Bonchev–Trinajstić information content (AvgIpc) is 2.93. The fraction of sp³-hybridized carbons (Fsp3) is 0.375. The van der Waals surface area contributed by atoms with Gasteiger partial charge in [0.15, 0.2) is 0 Å². The van der Waals surface area contributed by atoms with Gasteiger partial charge in [-0.2, -0.15) is 5.10 Å². The molecule has 0 spiro atoms. The van der Waals surface area contributed by atoms with Crippen molar-refractivity contribution < 1.29 is 17.9 Å². The summed E-state index contributed by atoms with van der Waals surface area (Å²) in [5, 5.41) is 6.23. The molecule has 0 amide bonds. The van der Waals surface area contributed by atoms with Crippen molar-refractivity contribution in [2.75, 3.05) is 11.3 Å². The Morgan fingerprint density at radius 3 is 2.33 bits per heavy atom. The van der Waals surface area contributed by atoms with E-state index < -0.39 is 16.0 Å². The molecule has 0 atom stereocenters. The van der Waals surface area contributed by atoms with Crippen LogP contribution >= 0.6 is 0 Å². The van der Waals surface area contributed by atoms with Crippen molar-refractivity contribution >= 4 is 21.8 Å². The third-order valence-corrected chi connectivity index (χ3v) is 5.56. The van der Waals surface area contributed by atoms with Crippen LogP contribution in [0.15, 0.2) is 17.2 Å². The Labute approximate surface area is 141 Å². The molecule has 2 N–H and O–H groups in total. The molecule has 0 aliphatic rings. The number of hydrogen-bond acceptors (Lipinski definition) is 5. The number of aromatic amines is 1. The number of sulfonamides is 1. The van der Waals surface area contributed by atoms with E-state index in [9.17, 15) is 13.2 Å². The molecule has 0 aliphatic heterocycles. The average molecular weight is 351 g/mol. The molecule has 24 heavy (non-hydrogen) atoms. The lowest BCUT2D eigenvalue weighted by molar-refractivity contribution is 0.0527. The van der Waals surface area contributed by atoms with Crippen molar-refractivity contribution in [1.82, 2.24) is 10.2 Å².